The first-order chi connectivity index (χ1) is 12.7. The number of amides is 1. The summed E-state index contributed by atoms with van der Waals surface area (Å²) in [5, 5.41) is 0. The van der Waals surface area contributed by atoms with Gasteiger partial charge in [0.25, 0.3) is 5.91 Å². The van der Waals surface area contributed by atoms with E-state index in [9.17, 15) is 4.79 Å². The molecule has 2 heterocycles. The summed E-state index contributed by atoms with van der Waals surface area (Å²) in [6.45, 7) is 4.59. The minimum Gasteiger partial charge on any atom is -0.485 e. The average Bonchev–Trinajstić information content (AvgIpc) is 2.68. The maximum atomic E-state index is 11.4. The number of hydrogen-bond acceptors (Lipinski definition) is 5. The molecule has 2 aliphatic rings. The van der Waals surface area contributed by atoms with E-state index in [1.165, 1.54) is 5.56 Å². The topological polar surface area (TPSA) is 74.0 Å². The molecule has 2 aromatic rings. The quantitative estimate of drug-likeness (QED) is 0.906. The van der Waals surface area contributed by atoms with Gasteiger partial charge in [0.05, 0.1) is 13.2 Å². The molecule has 2 N–H and O–H groups in total. The fraction of sp³-hybridized carbons (Fsp3) is 0.350. The van der Waals surface area contributed by atoms with E-state index in [0.29, 0.717) is 11.5 Å². The number of benzene rings is 2. The highest BCUT2D eigenvalue weighted by Gasteiger charge is 2.27. The zero-order valence-electron chi connectivity index (χ0n) is 14.5. The Morgan fingerprint density at radius 3 is 2.62 bits per heavy atom. The number of rotatable bonds is 4. The van der Waals surface area contributed by atoms with Crippen LogP contribution in [0.2, 0.25) is 0 Å². The molecule has 1 amide bonds. The van der Waals surface area contributed by atoms with Crippen LogP contribution in [0.5, 0.6) is 11.5 Å². The van der Waals surface area contributed by atoms with Gasteiger partial charge in [0.15, 0.2) is 11.5 Å². The van der Waals surface area contributed by atoms with E-state index in [1.807, 2.05) is 18.2 Å². The van der Waals surface area contributed by atoms with Crippen molar-refractivity contribution in [3.05, 3.63) is 48.0 Å². The second kappa shape index (κ2) is 7.35. The Labute approximate surface area is 152 Å². The maximum Gasteiger partial charge on any atom is 0.262 e. The van der Waals surface area contributed by atoms with Gasteiger partial charge in [-0.05, 0) is 17.2 Å². The van der Waals surface area contributed by atoms with Gasteiger partial charge < -0.3 is 19.9 Å². The molecule has 6 nitrogen and oxygen atoms in total. The van der Waals surface area contributed by atoms with E-state index in [4.69, 9.17) is 19.9 Å². The number of fused-ring (bicyclic) bond motifs is 1. The lowest BCUT2D eigenvalue weighted by Crippen LogP contribution is -2.41. The zero-order chi connectivity index (χ0) is 17.9. The van der Waals surface area contributed by atoms with Crippen molar-refractivity contribution in [3.63, 3.8) is 0 Å². The molecule has 0 bridgehead atoms. The summed E-state index contributed by atoms with van der Waals surface area (Å²) in [4.78, 5) is 13.8. The normalized spacial score (nSPS) is 19.9. The Bertz CT molecular complexity index is 785. The Balaban J connectivity index is 1.55. The molecule has 1 atom stereocenters. The van der Waals surface area contributed by atoms with Crippen LogP contribution in [0.1, 0.15) is 5.56 Å². The van der Waals surface area contributed by atoms with Crippen LogP contribution >= 0.6 is 0 Å². The van der Waals surface area contributed by atoms with Gasteiger partial charge in [-0.3, -0.25) is 9.69 Å². The predicted octanol–water partition coefficient (Wildman–Crippen LogP) is 1.81. The van der Waals surface area contributed by atoms with Gasteiger partial charge in [-0.15, -0.1) is 0 Å². The minimum absolute atomic E-state index is 0.143. The summed E-state index contributed by atoms with van der Waals surface area (Å²) in [6.07, 6.45) is -0.760. The van der Waals surface area contributed by atoms with Crippen molar-refractivity contribution in [2.45, 2.75) is 12.6 Å². The van der Waals surface area contributed by atoms with Crippen LogP contribution in [0.15, 0.2) is 42.5 Å². The lowest BCUT2D eigenvalue weighted by atomic mass is 10.0. The molecule has 1 unspecified atom stereocenters. The smallest absolute Gasteiger partial charge is 0.262 e. The summed E-state index contributed by atoms with van der Waals surface area (Å²) < 4.78 is 16.8. The van der Waals surface area contributed by atoms with Gasteiger partial charge in [-0.1, -0.05) is 36.4 Å². The van der Waals surface area contributed by atoms with E-state index < -0.39 is 12.0 Å². The zero-order valence-corrected chi connectivity index (χ0v) is 14.5. The second-order valence-corrected chi connectivity index (χ2v) is 6.54. The first kappa shape index (κ1) is 16.9. The standard InChI is InChI=1S/C20H22N2O4/c21-20(23)18-13-25-17-3-1-2-16(19(17)26-18)15-6-4-14(5-7-15)12-22-8-10-24-11-9-22/h1-7,18H,8-13H2,(H2,21,23). The molecule has 0 aromatic heterocycles. The highest BCUT2D eigenvalue weighted by molar-refractivity contribution is 5.81. The number of carbonyl (C=O) groups excluding carboxylic acids is 1. The third-order valence-corrected chi connectivity index (χ3v) is 4.72. The van der Waals surface area contributed by atoms with Gasteiger partial charge in [-0.2, -0.15) is 0 Å². The highest BCUT2D eigenvalue weighted by atomic mass is 16.6. The van der Waals surface area contributed by atoms with Crippen molar-refractivity contribution < 1.29 is 19.0 Å². The number of morpholine rings is 1. The van der Waals surface area contributed by atoms with Gasteiger partial charge in [-0.25, -0.2) is 0 Å². The van der Waals surface area contributed by atoms with Crippen molar-refractivity contribution in [2.24, 2.45) is 5.73 Å². The molecule has 1 fully saturated rings. The summed E-state index contributed by atoms with van der Waals surface area (Å²) in [5.41, 5.74) is 8.53. The lowest BCUT2D eigenvalue weighted by Gasteiger charge is -2.27. The fourth-order valence-electron chi connectivity index (χ4n) is 3.27. The molecule has 0 spiro atoms. The van der Waals surface area contributed by atoms with E-state index >= 15 is 0 Å². The lowest BCUT2D eigenvalue weighted by molar-refractivity contribution is -0.126. The van der Waals surface area contributed by atoms with E-state index in [0.717, 1.165) is 44.0 Å². The van der Waals surface area contributed by atoms with Gasteiger partial charge in [0.1, 0.15) is 6.61 Å². The van der Waals surface area contributed by atoms with E-state index in [2.05, 4.69) is 29.2 Å². The Morgan fingerprint density at radius 2 is 1.88 bits per heavy atom. The van der Waals surface area contributed by atoms with Crippen LogP contribution in [0.25, 0.3) is 11.1 Å². The molecular weight excluding hydrogens is 332 g/mol. The number of nitrogens with zero attached hydrogens (tertiary/aromatic N) is 1. The minimum atomic E-state index is -0.760. The van der Waals surface area contributed by atoms with Crippen LogP contribution in [0, 0.1) is 0 Å². The molecule has 2 aromatic carbocycles. The monoisotopic (exact) mass is 354 g/mol. The third-order valence-electron chi connectivity index (χ3n) is 4.72. The largest absolute Gasteiger partial charge is 0.485 e. The predicted molar refractivity (Wildman–Crippen MR) is 97.1 cm³/mol. The highest BCUT2D eigenvalue weighted by Crippen LogP contribution is 2.40. The summed E-state index contributed by atoms with van der Waals surface area (Å²) in [5.74, 6) is 0.687. The Hall–Kier alpha value is -2.57. The molecule has 26 heavy (non-hydrogen) atoms. The molecule has 6 heteroatoms. The van der Waals surface area contributed by atoms with Gasteiger partial charge >= 0.3 is 0 Å². The molecule has 0 radical (unpaired) electrons. The molecule has 0 aliphatic carbocycles. The van der Waals surface area contributed by atoms with Crippen LogP contribution in [-0.2, 0) is 16.1 Å². The van der Waals surface area contributed by atoms with Gasteiger partial charge in [0.2, 0.25) is 6.10 Å². The maximum absolute atomic E-state index is 11.4. The summed E-state index contributed by atoms with van der Waals surface area (Å²) in [6, 6.07) is 14.1. The number of ether oxygens (including phenoxy) is 3. The van der Waals surface area contributed by atoms with Crippen molar-refractivity contribution >= 4 is 5.91 Å². The number of hydrogen-bond donors (Lipinski definition) is 1. The molecule has 136 valence electrons. The molecule has 4 rings (SSSR count). The molecular formula is C20H22N2O4. The van der Waals surface area contributed by atoms with Crippen LogP contribution < -0.4 is 15.2 Å². The van der Waals surface area contributed by atoms with Crippen LogP contribution in [0.3, 0.4) is 0 Å². The van der Waals surface area contributed by atoms with Crippen molar-refractivity contribution in [1.29, 1.82) is 0 Å². The van der Waals surface area contributed by atoms with Crippen molar-refractivity contribution in [3.8, 4) is 22.6 Å². The van der Waals surface area contributed by atoms with Crippen LogP contribution in [0.4, 0.5) is 0 Å². The van der Waals surface area contributed by atoms with Gasteiger partial charge in [0, 0.05) is 25.2 Å². The number of para-hydroxylation sites is 1. The summed E-state index contributed by atoms with van der Waals surface area (Å²) in [7, 11) is 0. The molecule has 1 saturated heterocycles. The first-order valence-electron chi connectivity index (χ1n) is 8.82. The average molecular weight is 354 g/mol. The Morgan fingerprint density at radius 1 is 1.12 bits per heavy atom. The molecule has 0 saturated carbocycles. The van der Waals surface area contributed by atoms with E-state index in [1.54, 1.807) is 0 Å². The van der Waals surface area contributed by atoms with Crippen molar-refractivity contribution in [1.82, 2.24) is 4.90 Å². The summed E-state index contributed by atoms with van der Waals surface area (Å²) >= 11 is 0. The SMILES string of the molecule is NC(=O)C1COc2cccc(-c3ccc(CN4CCOCC4)cc3)c2O1. The van der Waals surface area contributed by atoms with Crippen molar-refractivity contribution in [2.75, 3.05) is 32.9 Å². The van der Waals surface area contributed by atoms with Crippen LogP contribution in [-0.4, -0.2) is 49.8 Å². The second-order valence-electron chi connectivity index (χ2n) is 6.54. The number of nitrogens with two attached hydrogens (primary N) is 1. The fourth-order valence-corrected chi connectivity index (χ4v) is 3.27. The Kier molecular flexibility index (Phi) is 4.77. The molecule has 2 aliphatic heterocycles. The third kappa shape index (κ3) is 3.52. The number of primary amides is 1. The van der Waals surface area contributed by atoms with E-state index in [-0.39, 0.29) is 6.61 Å². The first-order valence-corrected chi connectivity index (χ1v) is 8.82. The number of carbonyl (C=O) groups is 1.